The second-order valence-corrected chi connectivity index (χ2v) is 3.97. The molecule has 1 N–H and O–H groups in total. The Morgan fingerprint density at radius 2 is 2.47 bits per heavy atom. The van der Waals surface area contributed by atoms with Crippen LogP contribution in [0.3, 0.4) is 0 Å². The molecule has 4 nitrogen and oxygen atoms in total. The van der Waals surface area contributed by atoms with Gasteiger partial charge in [0.2, 0.25) is 0 Å². The van der Waals surface area contributed by atoms with Gasteiger partial charge in [0, 0.05) is 18.0 Å². The summed E-state index contributed by atoms with van der Waals surface area (Å²) >= 11 is 1.17. The lowest BCUT2D eigenvalue weighted by atomic mass is 10.3. The fraction of sp³-hybridized carbons (Fsp3) is 0.400. The van der Waals surface area contributed by atoms with Crippen molar-refractivity contribution in [1.29, 1.82) is 0 Å². The lowest BCUT2D eigenvalue weighted by Gasteiger charge is -1.98. The van der Waals surface area contributed by atoms with E-state index in [-0.39, 0.29) is 9.92 Å². The lowest BCUT2D eigenvalue weighted by Crippen LogP contribution is -2.13. The standard InChI is InChI=1S/C10H14N2O2S/c1-2-3-4-5-11-7-9-6-10(12(13)14)15-8-9/h2-3,6,8,11H,4-5,7H2,1H3/b3-2+. The summed E-state index contributed by atoms with van der Waals surface area (Å²) in [4.78, 5) is 10.1. The molecule has 0 amide bonds. The zero-order valence-corrected chi connectivity index (χ0v) is 9.42. The highest BCUT2D eigenvalue weighted by atomic mass is 32.1. The number of rotatable bonds is 6. The molecular formula is C10H14N2O2S. The number of thiophene rings is 1. The predicted octanol–water partition coefficient (Wildman–Crippen LogP) is 2.71. The molecule has 0 saturated carbocycles. The first-order chi connectivity index (χ1) is 7.24. The van der Waals surface area contributed by atoms with Crippen LogP contribution in [-0.2, 0) is 6.54 Å². The third kappa shape index (κ3) is 4.22. The number of allylic oxidation sites excluding steroid dienone is 1. The Balaban J connectivity index is 2.28. The smallest absolute Gasteiger partial charge is 0.312 e. The Morgan fingerprint density at radius 1 is 1.67 bits per heavy atom. The maximum atomic E-state index is 10.4. The van der Waals surface area contributed by atoms with Gasteiger partial charge in [-0.3, -0.25) is 10.1 Å². The Morgan fingerprint density at radius 3 is 3.07 bits per heavy atom. The summed E-state index contributed by atoms with van der Waals surface area (Å²) in [7, 11) is 0. The van der Waals surface area contributed by atoms with Gasteiger partial charge in [-0.25, -0.2) is 0 Å². The molecule has 0 unspecified atom stereocenters. The van der Waals surface area contributed by atoms with E-state index in [1.54, 1.807) is 6.07 Å². The van der Waals surface area contributed by atoms with E-state index in [4.69, 9.17) is 0 Å². The van der Waals surface area contributed by atoms with Crippen molar-refractivity contribution in [3.63, 3.8) is 0 Å². The molecule has 0 spiro atoms. The van der Waals surface area contributed by atoms with E-state index in [9.17, 15) is 10.1 Å². The first-order valence-corrected chi connectivity index (χ1v) is 5.65. The van der Waals surface area contributed by atoms with Crippen molar-refractivity contribution in [2.24, 2.45) is 0 Å². The third-order valence-electron chi connectivity index (χ3n) is 1.87. The SMILES string of the molecule is C/C=C/CCNCc1csc([N+](=O)[O-])c1. The molecule has 1 heterocycles. The van der Waals surface area contributed by atoms with Gasteiger partial charge >= 0.3 is 5.00 Å². The number of nitro groups is 1. The van der Waals surface area contributed by atoms with Gasteiger partial charge in [-0.2, -0.15) is 0 Å². The molecule has 0 aliphatic carbocycles. The molecule has 0 aliphatic heterocycles. The summed E-state index contributed by atoms with van der Waals surface area (Å²) in [5.41, 5.74) is 0.979. The summed E-state index contributed by atoms with van der Waals surface area (Å²) in [6, 6.07) is 1.62. The van der Waals surface area contributed by atoms with E-state index >= 15 is 0 Å². The van der Waals surface area contributed by atoms with Crippen molar-refractivity contribution >= 4 is 16.3 Å². The van der Waals surface area contributed by atoms with Crippen molar-refractivity contribution in [2.75, 3.05) is 6.54 Å². The third-order valence-corrected chi connectivity index (χ3v) is 2.80. The molecule has 1 aromatic heterocycles. The van der Waals surface area contributed by atoms with Crippen LogP contribution in [-0.4, -0.2) is 11.5 Å². The highest BCUT2D eigenvalue weighted by Gasteiger charge is 2.08. The van der Waals surface area contributed by atoms with Gasteiger partial charge in [-0.1, -0.05) is 23.5 Å². The van der Waals surface area contributed by atoms with Crippen molar-refractivity contribution in [3.05, 3.63) is 39.3 Å². The van der Waals surface area contributed by atoms with Crippen LogP contribution in [0.5, 0.6) is 0 Å². The molecule has 1 aromatic rings. The van der Waals surface area contributed by atoms with Gasteiger partial charge in [0.1, 0.15) is 0 Å². The summed E-state index contributed by atoms with van der Waals surface area (Å²) in [6.45, 7) is 3.58. The molecule has 0 aromatic carbocycles. The Labute approximate surface area is 92.8 Å². The first-order valence-electron chi connectivity index (χ1n) is 4.77. The zero-order chi connectivity index (χ0) is 11.1. The molecule has 0 fully saturated rings. The van der Waals surface area contributed by atoms with Gasteiger partial charge < -0.3 is 5.32 Å². The van der Waals surface area contributed by atoms with Crippen LogP contribution in [0.1, 0.15) is 18.9 Å². The van der Waals surface area contributed by atoms with E-state index < -0.39 is 0 Å². The van der Waals surface area contributed by atoms with Gasteiger partial charge in [0.05, 0.1) is 4.92 Å². The summed E-state index contributed by atoms with van der Waals surface area (Å²) in [5, 5.41) is 15.7. The highest BCUT2D eigenvalue weighted by molar-refractivity contribution is 7.13. The maximum absolute atomic E-state index is 10.4. The number of nitrogens with zero attached hydrogens (tertiary/aromatic N) is 1. The molecule has 0 radical (unpaired) electrons. The van der Waals surface area contributed by atoms with Crippen LogP contribution in [0.25, 0.3) is 0 Å². The number of hydrogen-bond acceptors (Lipinski definition) is 4. The normalized spacial score (nSPS) is 11.0. The summed E-state index contributed by atoms with van der Waals surface area (Å²) in [5.74, 6) is 0. The minimum atomic E-state index is -0.353. The maximum Gasteiger partial charge on any atom is 0.324 e. The van der Waals surface area contributed by atoms with Crippen molar-refractivity contribution in [2.45, 2.75) is 19.9 Å². The topological polar surface area (TPSA) is 55.2 Å². The van der Waals surface area contributed by atoms with Crippen molar-refractivity contribution in [1.82, 2.24) is 5.32 Å². The van der Waals surface area contributed by atoms with E-state index in [2.05, 4.69) is 11.4 Å². The molecule has 82 valence electrons. The molecular weight excluding hydrogens is 212 g/mol. The van der Waals surface area contributed by atoms with Crippen molar-refractivity contribution < 1.29 is 4.92 Å². The van der Waals surface area contributed by atoms with Crippen LogP contribution < -0.4 is 5.32 Å². The molecule has 0 saturated heterocycles. The van der Waals surface area contributed by atoms with Crippen molar-refractivity contribution in [3.8, 4) is 0 Å². The van der Waals surface area contributed by atoms with E-state index in [1.807, 2.05) is 18.4 Å². The summed E-state index contributed by atoms with van der Waals surface area (Å²) < 4.78 is 0. The van der Waals surface area contributed by atoms with Crippen LogP contribution in [0, 0.1) is 10.1 Å². The zero-order valence-electron chi connectivity index (χ0n) is 8.60. The van der Waals surface area contributed by atoms with Crippen LogP contribution >= 0.6 is 11.3 Å². The quantitative estimate of drug-likeness (QED) is 0.351. The second-order valence-electron chi connectivity index (χ2n) is 3.08. The van der Waals surface area contributed by atoms with Gasteiger partial charge in [0.15, 0.2) is 0 Å². The highest BCUT2D eigenvalue weighted by Crippen LogP contribution is 2.22. The van der Waals surface area contributed by atoms with Crippen LogP contribution in [0.2, 0.25) is 0 Å². The van der Waals surface area contributed by atoms with E-state index in [1.165, 1.54) is 11.3 Å². The van der Waals surface area contributed by atoms with Crippen LogP contribution in [0.15, 0.2) is 23.6 Å². The fourth-order valence-electron chi connectivity index (χ4n) is 1.14. The molecule has 1 rings (SSSR count). The average Bonchev–Trinajstić information content (AvgIpc) is 2.66. The Kier molecular flexibility index (Phi) is 5.00. The second kappa shape index (κ2) is 6.31. The predicted molar refractivity (Wildman–Crippen MR) is 62.1 cm³/mol. The van der Waals surface area contributed by atoms with Crippen LogP contribution in [0.4, 0.5) is 5.00 Å². The first kappa shape index (κ1) is 11.9. The number of hydrogen-bond donors (Lipinski definition) is 1. The average molecular weight is 226 g/mol. The molecule has 15 heavy (non-hydrogen) atoms. The van der Waals surface area contributed by atoms with Gasteiger partial charge in [0.25, 0.3) is 0 Å². The molecule has 0 aliphatic rings. The number of nitrogens with one attached hydrogen (secondary N) is 1. The minimum Gasteiger partial charge on any atom is -0.312 e. The Bertz CT molecular complexity index is 347. The van der Waals surface area contributed by atoms with Gasteiger partial charge in [-0.15, -0.1) is 0 Å². The van der Waals surface area contributed by atoms with Gasteiger partial charge in [-0.05, 0) is 25.5 Å². The Hall–Kier alpha value is -1.20. The monoisotopic (exact) mass is 226 g/mol. The molecule has 0 bridgehead atoms. The van der Waals surface area contributed by atoms with E-state index in [0.717, 1.165) is 18.5 Å². The minimum absolute atomic E-state index is 0.209. The van der Waals surface area contributed by atoms with E-state index in [0.29, 0.717) is 6.54 Å². The largest absolute Gasteiger partial charge is 0.324 e. The molecule has 5 heteroatoms. The summed E-state index contributed by atoms with van der Waals surface area (Å²) in [6.07, 6.45) is 5.09. The molecule has 0 atom stereocenters. The lowest BCUT2D eigenvalue weighted by molar-refractivity contribution is -0.380. The fourth-order valence-corrected chi connectivity index (χ4v) is 1.86.